The van der Waals surface area contributed by atoms with Gasteiger partial charge in [0.25, 0.3) is 0 Å². The van der Waals surface area contributed by atoms with Crippen molar-refractivity contribution in [1.82, 2.24) is 0 Å². The van der Waals surface area contributed by atoms with Crippen LogP contribution in [0.15, 0.2) is 5.18 Å². The van der Waals surface area contributed by atoms with Crippen LogP contribution in [-0.4, -0.2) is 39.7 Å². The zero-order valence-electron chi connectivity index (χ0n) is 16.7. The van der Waals surface area contributed by atoms with E-state index >= 15 is 0 Å². The van der Waals surface area contributed by atoms with E-state index in [0.29, 0.717) is 0 Å². The van der Waals surface area contributed by atoms with E-state index in [1.54, 1.807) is 0 Å². The van der Waals surface area contributed by atoms with E-state index in [2.05, 4.69) is 45.5 Å². The molecule has 0 spiro atoms. The van der Waals surface area contributed by atoms with E-state index < -0.39 is 56.6 Å². The molecular formula is C11H13Cl4F17N2O3S. The number of nitrogens with zero attached hydrogens (tertiary/aromatic N) is 2. The Labute approximate surface area is 224 Å². The fourth-order valence-electron chi connectivity index (χ4n) is 0.231. The van der Waals surface area contributed by atoms with Crippen molar-refractivity contribution in [2.75, 3.05) is 0 Å². The molecule has 0 aliphatic rings. The lowest BCUT2D eigenvalue weighted by atomic mass is 10.1. The van der Waals surface area contributed by atoms with Gasteiger partial charge in [0.15, 0.2) is 0 Å². The lowest BCUT2D eigenvalue weighted by Gasteiger charge is -2.11. The molecule has 0 N–H and O–H groups in total. The van der Waals surface area contributed by atoms with E-state index in [9.17, 15) is 74.6 Å². The Hall–Kier alpha value is -0.680. The predicted octanol–water partition coefficient (Wildman–Crippen LogP) is 11.4. The quantitative estimate of drug-likeness (QED) is 0.0676. The summed E-state index contributed by atoms with van der Waals surface area (Å²) in [5.41, 5.74) is -4.28. The standard InChI is InChI=1S/C5H9F3.CCl3F.CClF3S.CF4.CF3NO2.CF3NO.CH4/c1-3-4(2)5(6,7)8;2-1(3,4)5;2-6-1(3,4)5;2-1(3,4)5;2-1(3,4)5(6)7;2-1(3,4)5-6;/h4H,3H2,1-2H3;;;;;;1H4. The highest BCUT2D eigenvalue weighted by Gasteiger charge is 2.44. The molecule has 0 aromatic heterocycles. The monoisotopic (exact) mass is 716 g/mol. The van der Waals surface area contributed by atoms with Gasteiger partial charge in [0.2, 0.25) is 0 Å². The van der Waals surface area contributed by atoms with Crippen molar-refractivity contribution in [2.24, 2.45) is 11.1 Å². The Balaban J connectivity index is -0.0000000609. The second-order valence-electron chi connectivity index (χ2n) is 4.52. The molecule has 0 aromatic rings. The summed E-state index contributed by atoms with van der Waals surface area (Å²) in [5.74, 6) is -1.15. The molecule has 5 nitrogen and oxygen atoms in total. The molecule has 0 aliphatic carbocycles. The maximum absolute atomic E-state index is 11.4. The van der Waals surface area contributed by atoms with Gasteiger partial charge in [0.1, 0.15) is 4.92 Å². The Morgan fingerprint density at radius 2 is 0.974 bits per heavy atom. The van der Waals surface area contributed by atoms with E-state index in [1.807, 2.05) is 0 Å². The van der Waals surface area contributed by atoms with Crippen LogP contribution in [0, 0.1) is 20.9 Å². The molecule has 0 rings (SSSR count). The molecule has 0 amide bonds. The summed E-state index contributed by atoms with van der Waals surface area (Å²) in [4.78, 5) is 14.8. The van der Waals surface area contributed by atoms with Gasteiger partial charge in [-0.1, -0.05) is 21.3 Å². The number of nitroso groups, excluding NO2 is 1. The van der Waals surface area contributed by atoms with E-state index in [1.165, 1.54) is 13.8 Å². The first-order chi connectivity index (χ1) is 15.5. The lowest BCUT2D eigenvalue weighted by Crippen LogP contribution is -2.20. The fourth-order valence-corrected chi connectivity index (χ4v) is 0.231. The van der Waals surface area contributed by atoms with Gasteiger partial charge in [-0.15, -0.1) is 48.8 Å². The highest BCUT2D eigenvalue weighted by atomic mass is 35.7. The van der Waals surface area contributed by atoms with Crippen molar-refractivity contribution in [2.45, 2.75) is 62.5 Å². The molecule has 0 bridgehead atoms. The maximum Gasteiger partial charge on any atom is 0.688 e. The van der Waals surface area contributed by atoms with Crippen LogP contribution in [0.25, 0.3) is 0 Å². The van der Waals surface area contributed by atoms with Gasteiger partial charge in [-0.3, -0.25) is 10.1 Å². The van der Waals surface area contributed by atoms with Gasteiger partial charge in [-0.2, -0.15) is 30.7 Å². The molecule has 0 radical (unpaired) electrons. The molecule has 1 unspecified atom stereocenters. The summed E-state index contributed by atoms with van der Waals surface area (Å²) in [6.07, 6.45) is -19.5. The van der Waals surface area contributed by atoms with Crippen LogP contribution in [0.3, 0.4) is 0 Å². The van der Waals surface area contributed by atoms with Gasteiger partial charge < -0.3 is 0 Å². The molecule has 0 aromatic carbocycles. The lowest BCUT2D eigenvalue weighted by molar-refractivity contribution is -0.683. The van der Waals surface area contributed by atoms with Crippen molar-refractivity contribution in [3.63, 3.8) is 0 Å². The van der Waals surface area contributed by atoms with Gasteiger partial charge in [0, 0.05) is 5.18 Å². The summed E-state index contributed by atoms with van der Waals surface area (Å²) in [7, 11) is 3.62. The summed E-state index contributed by atoms with van der Waals surface area (Å²) < 4.78 is 176. The molecule has 0 fully saturated rings. The number of alkyl halides is 20. The van der Waals surface area contributed by atoms with Gasteiger partial charge in [-0.05, 0) is 51.9 Å². The maximum atomic E-state index is 11.4. The molecule has 0 saturated heterocycles. The van der Waals surface area contributed by atoms with Crippen LogP contribution < -0.4 is 0 Å². The Morgan fingerprint density at radius 1 is 0.816 bits per heavy atom. The summed E-state index contributed by atoms with van der Waals surface area (Å²) >= 11 is 13.2. The largest absolute Gasteiger partial charge is 0.688 e. The van der Waals surface area contributed by atoms with Gasteiger partial charge in [-0.25, -0.2) is 0 Å². The highest BCUT2D eigenvalue weighted by molar-refractivity contribution is 8.21. The third-order valence-corrected chi connectivity index (χ3v) is 2.27. The molecule has 0 heterocycles. The number of halogens is 21. The Bertz CT molecular complexity index is 554. The predicted molar refractivity (Wildman–Crippen MR) is 105 cm³/mol. The highest BCUT2D eigenvalue weighted by Crippen LogP contribution is 2.32. The van der Waals surface area contributed by atoms with Crippen LogP contribution >= 0.6 is 56.5 Å². The van der Waals surface area contributed by atoms with Crippen molar-refractivity contribution in [3.05, 3.63) is 15.0 Å². The van der Waals surface area contributed by atoms with Crippen molar-refractivity contribution in [1.29, 1.82) is 0 Å². The minimum atomic E-state index is -5.50. The zero-order valence-corrected chi connectivity index (χ0v) is 20.6. The number of hydrogen-bond acceptors (Lipinski definition) is 5. The zero-order chi connectivity index (χ0) is 32.3. The molecule has 0 saturated carbocycles. The summed E-state index contributed by atoms with van der Waals surface area (Å²) in [5, 5.41) is 9.47. The van der Waals surface area contributed by atoms with Gasteiger partial charge >= 0.3 is 34.8 Å². The van der Waals surface area contributed by atoms with E-state index in [0.717, 1.165) is 5.18 Å². The molecule has 0 aliphatic heterocycles. The third-order valence-electron chi connectivity index (χ3n) is 1.57. The van der Waals surface area contributed by atoms with Crippen molar-refractivity contribution in [3.8, 4) is 0 Å². The number of nitro groups is 1. The van der Waals surface area contributed by atoms with E-state index in [-0.39, 0.29) is 13.8 Å². The average molecular weight is 718 g/mol. The van der Waals surface area contributed by atoms with Crippen molar-refractivity contribution < 1.29 is 79.6 Å². The van der Waals surface area contributed by atoms with Crippen LogP contribution in [0.2, 0.25) is 0 Å². The smallest absolute Gasteiger partial charge is 0.257 e. The van der Waals surface area contributed by atoms with Crippen LogP contribution in [-0.2, 0) is 0 Å². The van der Waals surface area contributed by atoms with Crippen LogP contribution in [0.1, 0.15) is 27.7 Å². The first-order valence-corrected chi connectivity index (χ1v) is 9.89. The molecule has 27 heteroatoms. The second kappa shape index (κ2) is 23.1. The minimum absolute atomic E-state index is 0. The Morgan fingerprint density at radius 3 is 0.974 bits per heavy atom. The number of rotatable bonds is 1. The first-order valence-electron chi connectivity index (χ1n) is 7.11. The number of hydrogen-bond donors (Lipinski definition) is 0. The fraction of sp³-hybridized carbons (Fsp3) is 1.00. The first kappa shape index (κ1) is 53.6. The Kier molecular flexibility index (Phi) is 32.5. The van der Waals surface area contributed by atoms with Crippen LogP contribution in [0.5, 0.6) is 0 Å². The topological polar surface area (TPSA) is 72.6 Å². The molecule has 38 heavy (non-hydrogen) atoms. The van der Waals surface area contributed by atoms with Gasteiger partial charge in [0.05, 0.1) is 16.9 Å². The normalized spacial score (nSPS) is 12.3. The summed E-state index contributed by atoms with van der Waals surface area (Å²) in [6.45, 7) is 2.71. The minimum Gasteiger partial charge on any atom is -0.257 e. The second-order valence-corrected chi connectivity index (χ2v) is 7.74. The molecular weight excluding hydrogens is 705 g/mol. The van der Waals surface area contributed by atoms with Crippen molar-refractivity contribution >= 4 is 56.5 Å². The SMILES string of the molecule is C.CCC(C)C(F)(F)F.FC(Cl)(Cl)Cl.FC(F)(F)F.FC(F)(F)SCl.O=NC(F)(F)F.O=[N+]([O-])C(F)(F)F. The van der Waals surface area contributed by atoms with E-state index in [4.69, 9.17) is 15.0 Å². The summed E-state index contributed by atoms with van der Waals surface area (Å²) in [6, 6.07) is 0. The average Bonchev–Trinajstić information content (AvgIpc) is 2.56. The third kappa shape index (κ3) is 111. The molecule has 1 atom stereocenters. The molecule has 238 valence electrons. The van der Waals surface area contributed by atoms with Crippen LogP contribution in [0.4, 0.5) is 74.6 Å².